The average Bonchev–Trinajstić information content (AvgIpc) is 2.73. The van der Waals surface area contributed by atoms with E-state index in [0.717, 1.165) is 5.56 Å². The first-order valence-electron chi connectivity index (χ1n) is 9.23. The Kier molecular flexibility index (Phi) is 5.78. The highest BCUT2D eigenvalue weighted by Gasteiger charge is 2.51. The van der Waals surface area contributed by atoms with Gasteiger partial charge in [0.05, 0.1) is 5.56 Å². The molecule has 1 heterocycles. The van der Waals surface area contributed by atoms with Gasteiger partial charge in [-0.25, -0.2) is 4.79 Å². The van der Waals surface area contributed by atoms with Crippen LogP contribution in [0.1, 0.15) is 54.5 Å². The highest BCUT2D eigenvalue weighted by atomic mass is 16.7. The minimum absolute atomic E-state index is 0.176. The fourth-order valence-corrected chi connectivity index (χ4v) is 3.07. The summed E-state index contributed by atoms with van der Waals surface area (Å²) in [5.41, 5.74) is 0.480. The summed E-state index contributed by atoms with van der Waals surface area (Å²) in [6.07, 6.45) is -0.471. The van der Waals surface area contributed by atoms with Gasteiger partial charge in [-0.3, -0.25) is 9.59 Å². The van der Waals surface area contributed by atoms with Gasteiger partial charge in [0.1, 0.15) is 6.61 Å². The molecular weight excluding hydrogens is 360 g/mol. The van der Waals surface area contributed by atoms with Crippen molar-refractivity contribution in [1.82, 2.24) is 0 Å². The molecule has 2 aromatic rings. The number of benzene rings is 2. The van der Waals surface area contributed by atoms with Crippen LogP contribution < -0.4 is 0 Å². The lowest BCUT2D eigenvalue weighted by atomic mass is 9.82. The molecule has 0 bridgehead atoms. The Bertz CT molecular complexity index is 832. The van der Waals surface area contributed by atoms with Crippen LogP contribution in [0, 0.1) is 5.41 Å². The first kappa shape index (κ1) is 19.6. The predicted octanol–water partition coefficient (Wildman–Crippen LogP) is 3.95. The molecule has 1 aliphatic heterocycles. The summed E-state index contributed by atoms with van der Waals surface area (Å²) in [5, 5.41) is 0. The zero-order valence-corrected chi connectivity index (χ0v) is 15.8. The van der Waals surface area contributed by atoms with E-state index in [1.807, 2.05) is 30.3 Å². The third-order valence-corrected chi connectivity index (χ3v) is 5.05. The topological polar surface area (TPSA) is 78.9 Å². The molecule has 0 amide bonds. The minimum atomic E-state index is -1.24. The monoisotopic (exact) mass is 382 g/mol. The Balaban J connectivity index is 1.65. The number of carbonyl (C=O) groups excluding carboxylic acids is 3. The summed E-state index contributed by atoms with van der Waals surface area (Å²) in [5.74, 6) is -1.63. The molecule has 0 spiro atoms. The summed E-state index contributed by atoms with van der Waals surface area (Å²) < 4.78 is 16.0. The van der Waals surface area contributed by atoms with E-state index in [0.29, 0.717) is 24.0 Å². The van der Waals surface area contributed by atoms with Gasteiger partial charge < -0.3 is 14.2 Å². The van der Waals surface area contributed by atoms with Crippen LogP contribution >= 0.6 is 0 Å². The van der Waals surface area contributed by atoms with Gasteiger partial charge in [0, 0.05) is 5.56 Å². The molecule has 3 rings (SSSR count). The molecule has 6 heteroatoms. The molecule has 0 saturated carbocycles. The molecule has 1 fully saturated rings. The SMILES string of the molecule is CCC1(CC)C(=O)OC(c2ccc(C(=O)OCc3ccccc3)cc2)OC1=O. The second kappa shape index (κ2) is 8.25. The van der Waals surface area contributed by atoms with E-state index in [-0.39, 0.29) is 6.61 Å². The second-order valence-electron chi connectivity index (χ2n) is 6.62. The van der Waals surface area contributed by atoms with Crippen molar-refractivity contribution >= 4 is 17.9 Å². The third kappa shape index (κ3) is 3.76. The van der Waals surface area contributed by atoms with Crippen LogP contribution in [0.5, 0.6) is 0 Å². The molecule has 1 saturated heterocycles. The van der Waals surface area contributed by atoms with Crippen LogP contribution in [0.2, 0.25) is 0 Å². The number of hydrogen-bond acceptors (Lipinski definition) is 6. The number of esters is 3. The van der Waals surface area contributed by atoms with Crippen LogP contribution in [-0.2, 0) is 30.4 Å². The van der Waals surface area contributed by atoms with E-state index in [1.165, 1.54) is 0 Å². The van der Waals surface area contributed by atoms with Crippen molar-refractivity contribution in [2.45, 2.75) is 39.6 Å². The van der Waals surface area contributed by atoms with Gasteiger partial charge in [0.25, 0.3) is 6.29 Å². The van der Waals surface area contributed by atoms with Crippen molar-refractivity contribution in [3.05, 3.63) is 71.3 Å². The lowest BCUT2D eigenvalue weighted by molar-refractivity contribution is -0.226. The predicted molar refractivity (Wildman–Crippen MR) is 99.9 cm³/mol. The Labute approximate surface area is 163 Å². The molecular formula is C22H22O6. The molecule has 0 aromatic heterocycles. The Hall–Kier alpha value is -3.15. The summed E-state index contributed by atoms with van der Waals surface area (Å²) in [4.78, 5) is 36.9. The van der Waals surface area contributed by atoms with Gasteiger partial charge in [-0.1, -0.05) is 56.3 Å². The van der Waals surface area contributed by atoms with E-state index in [1.54, 1.807) is 38.1 Å². The van der Waals surface area contributed by atoms with Crippen LogP contribution in [0.25, 0.3) is 0 Å². The smallest absolute Gasteiger partial charge is 0.338 e. The van der Waals surface area contributed by atoms with Crippen molar-refractivity contribution in [3.8, 4) is 0 Å². The fraction of sp³-hybridized carbons (Fsp3) is 0.318. The average molecular weight is 382 g/mol. The fourth-order valence-electron chi connectivity index (χ4n) is 3.07. The molecule has 6 nitrogen and oxygen atoms in total. The van der Waals surface area contributed by atoms with Gasteiger partial charge in [-0.05, 0) is 30.5 Å². The van der Waals surface area contributed by atoms with Crippen molar-refractivity contribution in [2.75, 3.05) is 0 Å². The van der Waals surface area contributed by atoms with Gasteiger partial charge in [-0.2, -0.15) is 0 Å². The third-order valence-electron chi connectivity index (χ3n) is 5.05. The molecule has 1 aliphatic rings. The summed E-state index contributed by atoms with van der Waals surface area (Å²) in [6.45, 7) is 3.68. The standard InChI is InChI=1S/C22H22O6/c1-3-22(4-2)20(24)27-19(28-21(22)25)17-12-10-16(11-13-17)18(23)26-14-15-8-6-5-7-9-15/h5-13,19H,3-4,14H2,1-2H3. The molecule has 2 aromatic carbocycles. The largest absolute Gasteiger partial charge is 0.457 e. The Morgan fingerprint density at radius 1 is 0.929 bits per heavy atom. The van der Waals surface area contributed by atoms with Crippen LogP contribution in [0.3, 0.4) is 0 Å². The van der Waals surface area contributed by atoms with Crippen molar-refractivity contribution in [2.24, 2.45) is 5.41 Å². The van der Waals surface area contributed by atoms with Crippen molar-refractivity contribution in [3.63, 3.8) is 0 Å². The zero-order valence-electron chi connectivity index (χ0n) is 15.8. The maximum absolute atomic E-state index is 12.4. The molecule has 0 atom stereocenters. The van der Waals surface area contributed by atoms with Gasteiger partial charge in [0.15, 0.2) is 5.41 Å². The molecule has 0 radical (unpaired) electrons. The summed E-state index contributed by atoms with van der Waals surface area (Å²) in [7, 11) is 0. The van der Waals surface area contributed by atoms with Gasteiger partial charge in [0.2, 0.25) is 0 Å². The maximum atomic E-state index is 12.4. The van der Waals surface area contributed by atoms with E-state index < -0.39 is 29.6 Å². The first-order valence-corrected chi connectivity index (χ1v) is 9.23. The lowest BCUT2D eigenvalue weighted by Crippen LogP contribution is -2.46. The number of cyclic esters (lactones) is 2. The molecule has 0 unspecified atom stereocenters. The number of rotatable bonds is 6. The normalized spacial score (nSPS) is 16.2. The highest BCUT2D eigenvalue weighted by Crippen LogP contribution is 2.38. The van der Waals surface area contributed by atoms with Crippen LogP contribution in [0.4, 0.5) is 0 Å². The van der Waals surface area contributed by atoms with E-state index in [4.69, 9.17) is 14.2 Å². The number of ether oxygens (including phenoxy) is 3. The van der Waals surface area contributed by atoms with Gasteiger partial charge in [-0.15, -0.1) is 0 Å². The molecule has 0 N–H and O–H groups in total. The van der Waals surface area contributed by atoms with Gasteiger partial charge >= 0.3 is 17.9 Å². The number of hydrogen-bond donors (Lipinski definition) is 0. The Morgan fingerprint density at radius 2 is 1.50 bits per heavy atom. The summed E-state index contributed by atoms with van der Waals surface area (Å²) in [6, 6.07) is 15.6. The lowest BCUT2D eigenvalue weighted by Gasteiger charge is -2.35. The van der Waals surface area contributed by atoms with Crippen molar-refractivity contribution in [1.29, 1.82) is 0 Å². The van der Waals surface area contributed by atoms with E-state index >= 15 is 0 Å². The van der Waals surface area contributed by atoms with E-state index in [2.05, 4.69) is 0 Å². The second-order valence-corrected chi connectivity index (χ2v) is 6.62. The minimum Gasteiger partial charge on any atom is -0.457 e. The van der Waals surface area contributed by atoms with E-state index in [9.17, 15) is 14.4 Å². The maximum Gasteiger partial charge on any atom is 0.338 e. The van der Waals surface area contributed by atoms with Crippen molar-refractivity contribution < 1.29 is 28.6 Å². The van der Waals surface area contributed by atoms with Crippen LogP contribution in [0.15, 0.2) is 54.6 Å². The molecule has 28 heavy (non-hydrogen) atoms. The summed E-state index contributed by atoms with van der Waals surface area (Å²) >= 11 is 0. The number of carbonyl (C=O) groups is 3. The first-order chi connectivity index (χ1) is 13.5. The quantitative estimate of drug-likeness (QED) is 0.556. The Morgan fingerprint density at radius 3 is 2.04 bits per heavy atom. The molecule has 0 aliphatic carbocycles. The zero-order chi connectivity index (χ0) is 20.1. The highest BCUT2D eigenvalue weighted by molar-refractivity contribution is 6.01. The van der Waals surface area contributed by atoms with Crippen LogP contribution in [-0.4, -0.2) is 17.9 Å². The molecule has 146 valence electrons.